The number of pyridine rings is 1. The highest BCUT2D eigenvalue weighted by Crippen LogP contribution is 2.33. The van der Waals surface area contributed by atoms with Gasteiger partial charge < -0.3 is 9.84 Å². The molecule has 0 saturated heterocycles. The van der Waals surface area contributed by atoms with Crippen molar-refractivity contribution in [2.75, 3.05) is 5.32 Å². The van der Waals surface area contributed by atoms with Gasteiger partial charge in [0.2, 0.25) is 0 Å². The number of carbonyl (C=O) groups is 1. The number of hydrogen-bond donors (Lipinski definition) is 1. The summed E-state index contributed by atoms with van der Waals surface area (Å²) in [6, 6.07) is 9.77. The number of para-hydroxylation sites is 1. The SMILES string of the molecule is Cc1cc(-c2cc(C(=O)Nc3ccccc3F)c3c(C)noc3n2)c(C)s1. The second-order valence-corrected chi connectivity index (χ2v) is 7.72. The second kappa shape index (κ2) is 6.59. The van der Waals surface area contributed by atoms with Crippen LogP contribution in [0.4, 0.5) is 10.1 Å². The monoisotopic (exact) mass is 381 g/mol. The van der Waals surface area contributed by atoms with Gasteiger partial charge >= 0.3 is 0 Å². The highest BCUT2D eigenvalue weighted by atomic mass is 32.1. The summed E-state index contributed by atoms with van der Waals surface area (Å²) >= 11 is 1.66. The number of rotatable bonds is 3. The van der Waals surface area contributed by atoms with Gasteiger partial charge in [0, 0.05) is 15.3 Å². The Labute approximate surface area is 158 Å². The highest BCUT2D eigenvalue weighted by molar-refractivity contribution is 7.12. The van der Waals surface area contributed by atoms with E-state index in [1.165, 1.54) is 12.1 Å². The van der Waals surface area contributed by atoms with Crippen molar-refractivity contribution in [3.8, 4) is 11.3 Å². The van der Waals surface area contributed by atoms with E-state index in [0.29, 0.717) is 22.3 Å². The largest absolute Gasteiger partial charge is 0.335 e. The first-order valence-corrected chi connectivity index (χ1v) is 9.16. The van der Waals surface area contributed by atoms with Crippen molar-refractivity contribution >= 4 is 34.0 Å². The van der Waals surface area contributed by atoms with Crippen LogP contribution >= 0.6 is 11.3 Å². The second-order valence-electron chi connectivity index (χ2n) is 6.26. The van der Waals surface area contributed by atoms with Gasteiger partial charge in [0.05, 0.1) is 28.0 Å². The number of nitrogens with zero attached hydrogens (tertiary/aromatic N) is 2. The first kappa shape index (κ1) is 17.4. The fourth-order valence-corrected chi connectivity index (χ4v) is 3.98. The van der Waals surface area contributed by atoms with Crippen LogP contribution in [0.5, 0.6) is 0 Å². The van der Waals surface area contributed by atoms with E-state index in [-0.39, 0.29) is 11.4 Å². The molecule has 27 heavy (non-hydrogen) atoms. The Hall–Kier alpha value is -3.06. The molecule has 0 aliphatic carbocycles. The normalized spacial score (nSPS) is 11.1. The number of carbonyl (C=O) groups excluding carboxylic acids is 1. The maximum atomic E-state index is 13.9. The van der Waals surface area contributed by atoms with E-state index < -0.39 is 11.7 Å². The molecule has 0 saturated carbocycles. The van der Waals surface area contributed by atoms with Gasteiger partial charge in [-0.15, -0.1) is 11.3 Å². The van der Waals surface area contributed by atoms with Crippen LogP contribution < -0.4 is 5.32 Å². The van der Waals surface area contributed by atoms with Crippen molar-refractivity contribution in [3.05, 3.63) is 63.2 Å². The van der Waals surface area contributed by atoms with E-state index >= 15 is 0 Å². The summed E-state index contributed by atoms with van der Waals surface area (Å²) in [6.07, 6.45) is 0. The molecule has 0 atom stereocenters. The fraction of sp³-hybridized carbons (Fsp3) is 0.150. The Balaban J connectivity index is 1.85. The zero-order valence-electron chi connectivity index (χ0n) is 15.0. The third-order valence-corrected chi connectivity index (χ3v) is 5.27. The van der Waals surface area contributed by atoms with Crippen molar-refractivity contribution in [1.82, 2.24) is 10.1 Å². The van der Waals surface area contributed by atoms with E-state index in [4.69, 9.17) is 4.52 Å². The molecule has 3 heterocycles. The van der Waals surface area contributed by atoms with Crippen LogP contribution in [0.3, 0.4) is 0 Å². The number of aromatic nitrogens is 2. The molecule has 0 unspecified atom stereocenters. The summed E-state index contributed by atoms with van der Waals surface area (Å²) in [5, 5.41) is 7.09. The van der Waals surface area contributed by atoms with E-state index in [0.717, 1.165) is 15.3 Å². The van der Waals surface area contributed by atoms with Crippen molar-refractivity contribution in [3.63, 3.8) is 0 Å². The van der Waals surface area contributed by atoms with Gasteiger partial charge in [0.25, 0.3) is 11.6 Å². The van der Waals surface area contributed by atoms with Gasteiger partial charge in [0.1, 0.15) is 5.82 Å². The summed E-state index contributed by atoms with van der Waals surface area (Å²) in [5.74, 6) is -0.938. The van der Waals surface area contributed by atoms with Gasteiger partial charge in [-0.1, -0.05) is 17.3 Å². The van der Waals surface area contributed by atoms with Gasteiger partial charge in [-0.2, -0.15) is 0 Å². The Kier molecular flexibility index (Phi) is 4.24. The summed E-state index contributed by atoms with van der Waals surface area (Å²) in [6.45, 7) is 5.76. The lowest BCUT2D eigenvalue weighted by Gasteiger charge is -2.09. The van der Waals surface area contributed by atoms with Gasteiger partial charge in [-0.05, 0) is 45.0 Å². The van der Waals surface area contributed by atoms with E-state index in [9.17, 15) is 9.18 Å². The zero-order chi connectivity index (χ0) is 19.1. The molecule has 0 spiro atoms. The van der Waals surface area contributed by atoms with Crippen molar-refractivity contribution in [2.45, 2.75) is 20.8 Å². The van der Waals surface area contributed by atoms with Crippen LogP contribution in [-0.4, -0.2) is 16.0 Å². The lowest BCUT2D eigenvalue weighted by atomic mass is 10.1. The van der Waals surface area contributed by atoms with E-state index in [1.54, 1.807) is 36.5 Å². The summed E-state index contributed by atoms with van der Waals surface area (Å²) in [4.78, 5) is 19.7. The average molecular weight is 381 g/mol. The van der Waals surface area contributed by atoms with Crippen LogP contribution in [0.2, 0.25) is 0 Å². The van der Waals surface area contributed by atoms with Crippen LogP contribution in [0.15, 0.2) is 40.9 Å². The zero-order valence-corrected chi connectivity index (χ0v) is 15.8. The number of amides is 1. The third-order valence-electron chi connectivity index (χ3n) is 4.30. The van der Waals surface area contributed by atoms with Crippen LogP contribution in [0.25, 0.3) is 22.4 Å². The topological polar surface area (TPSA) is 68.0 Å². The molecule has 0 bridgehead atoms. The van der Waals surface area contributed by atoms with Gasteiger partial charge in [0.15, 0.2) is 0 Å². The quantitative estimate of drug-likeness (QED) is 0.525. The first-order valence-electron chi connectivity index (χ1n) is 8.34. The smallest absolute Gasteiger partial charge is 0.259 e. The first-order chi connectivity index (χ1) is 12.9. The fourth-order valence-electron chi connectivity index (χ4n) is 3.05. The predicted molar refractivity (Wildman–Crippen MR) is 104 cm³/mol. The molecule has 0 aliphatic rings. The Morgan fingerprint density at radius 2 is 1.96 bits per heavy atom. The van der Waals surface area contributed by atoms with Crippen LogP contribution in [0, 0.1) is 26.6 Å². The molecule has 0 fully saturated rings. The van der Waals surface area contributed by atoms with Crippen molar-refractivity contribution in [2.24, 2.45) is 0 Å². The number of halogens is 1. The summed E-state index contributed by atoms with van der Waals surface area (Å²) in [5.41, 5.74) is 2.87. The minimum Gasteiger partial charge on any atom is -0.335 e. The molecule has 1 N–H and O–H groups in total. The highest BCUT2D eigenvalue weighted by Gasteiger charge is 2.21. The molecule has 5 nitrogen and oxygen atoms in total. The number of aryl methyl sites for hydroxylation is 3. The lowest BCUT2D eigenvalue weighted by Crippen LogP contribution is -2.14. The third kappa shape index (κ3) is 3.10. The number of anilines is 1. The number of hydrogen-bond acceptors (Lipinski definition) is 5. The Bertz CT molecular complexity index is 1180. The number of thiophene rings is 1. The maximum Gasteiger partial charge on any atom is 0.259 e. The predicted octanol–water partition coefficient (Wildman–Crippen LogP) is 5.27. The van der Waals surface area contributed by atoms with E-state index in [1.807, 2.05) is 19.9 Å². The molecular weight excluding hydrogens is 365 g/mol. The molecule has 7 heteroatoms. The molecule has 1 amide bonds. The van der Waals surface area contributed by atoms with Gasteiger partial charge in [-0.3, -0.25) is 4.79 Å². The number of benzene rings is 1. The summed E-state index contributed by atoms with van der Waals surface area (Å²) < 4.78 is 19.3. The molecule has 3 aromatic heterocycles. The molecule has 0 aliphatic heterocycles. The van der Waals surface area contributed by atoms with Crippen LogP contribution in [-0.2, 0) is 0 Å². The minimum absolute atomic E-state index is 0.116. The molecular formula is C20H16FN3O2S. The minimum atomic E-state index is -0.497. The molecule has 4 aromatic rings. The lowest BCUT2D eigenvalue weighted by molar-refractivity contribution is 0.102. The summed E-state index contributed by atoms with van der Waals surface area (Å²) in [7, 11) is 0. The van der Waals surface area contributed by atoms with Crippen LogP contribution in [0.1, 0.15) is 25.8 Å². The number of fused-ring (bicyclic) bond motifs is 1. The Morgan fingerprint density at radius 3 is 2.67 bits per heavy atom. The average Bonchev–Trinajstić information content (AvgIpc) is 3.18. The molecule has 1 aromatic carbocycles. The molecule has 0 radical (unpaired) electrons. The number of nitrogens with one attached hydrogen (secondary N) is 1. The standard InChI is InChI=1S/C20H16FN3O2S/c1-10-8-13(12(3)27-10)17-9-14(18-11(2)24-26-20(18)23-17)19(25)22-16-7-5-4-6-15(16)21/h4-9H,1-3H3,(H,22,25). The van der Waals surface area contributed by atoms with Gasteiger partial charge in [-0.25, -0.2) is 9.37 Å². The van der Waals surface area contributed by atoms with Crippen molar-refractivity contribution < 1.29 is 13.7 Å². The Morgan fingerprint density at radius 1 is 1.19 bits per heavy atom. The molecule has 136 valence electrons. The maximum absolute atomic E-state index is 13.9. The van der Waals surface area contributed by atoms with E-state index in [2.05, 4.69) is 15.5 Å². The van der Waals surface area contributed by atoms with Crippen molar-refractivity contribution in [1.29, 1.82) is 0 Å². The molecule has 4 rings (SSSR count).